The first-order chi connectivity index (χ1) is 14.6. The summed E-state index contributed by atoms with van der Waals surface area (Å²) in [7, 11) is -3.83. The minimum Gasteiger partial charge on any atom is -0.342 e. The Balaban J connectivity index is 1.64. The smallest absolute Gasteiger partial charge is 0.332 e. The zero-order valence-corrected chi connectivity index (χ0v) is 19.8. The van der Waals surface area contributed by atoms with Crippen molar-refractivity contribution < 1.29 is 18.0 Å². The van der Waals surface area contributed by atoms with Crippen molar-refractivity contribution >= 4 is 27.6 Å². The number of amides is 3. The highest BCUT2D eigenvalue weighted by Crippen LogP contribution is 2.33. The molecule has 1 saturated heterocycles. The molecule has 0 radical (unpaired) electrons. The molecule has 2 N–H and O–H groups in total. The van der Waals surface area contributed by atoms with Crippen molar-refractivity contribution in [3.8, 4) is 0 Å². The van der Waals surface area contributed by atoms with Crippen LogP contribution in [0.4, 0.5) is 10.5 Å². The molecule has 1 heterocycles. The molecule has 3 amide bonds. The second-order valence-corrected chi connectivity index (χ2v) is 11.3. The normalized spacial score (nSPS) is 18.2. The van der Waals surface area contributed by atoms with Gasteiger partial charge >= 0.3 is 6.03 Å². The Morgan fingerprint density at radius 2 is 1.52 bits per heavy atom. The minimum absolute atomic E-state index is 0.119. The van der Waals surface area contributed by atoms with Crippen LogP contribution in [0.3, 0.4) is 0 Å². The van der Waals surface area contributed by atoms with Gasteiger partial charge in [-0.05, 0) is 48.6 Å². The average Bonchev–Trinajstić information content (AvgIpc) is 2.66. The maximum absolute atomic E-state index is 12.8. The highest BCUT2D eigenvalue weighted by atomic mass is 32.2. The molecule has 0 atom stereocenters. The number of urea groups is 1. The molecule has 0 aromatic heterocycles. The maximum atomic E-state index is 12.8. The lowest BCUT2D eigenvalue weighted by molar-refractivity contribution is -0.139. The Hall–Kier alpha value is -2.09. The largest absolute Gasteiger partial charge is 0.342 e. The van der Waals surface area contributed by atoms with E-state index in [4.69, 9.17) is 0 Å². The molecular formula is C23H35N3O4S. The molecule has 1 aromatic carbocycles. The predicted molar refractivity (Wildman–Crippen MR) is 123 cm³/mol. The number of piperidine rings is 1. The summed E-state index contributed by atoms with van der Waals surface area (Å²) in [5, 5.41) is 2.13. The molecule has 1 aliphatic heterocycles. The van der Waals surface area contributed by atoms with Crippen LogP contribution in [0, 0.1) is 5.92 Å². The Morgan fingerprint density at radius 1 is 0.968 bits per heavy atom. The molecule has 2 aliphatic rings. The Morgan fingerprint density at radius 3 is 1.97 bits per heavy atom. The number of hydrogen-bond donors (Lipinski definition) is 2. The lowest BCUT2D eigenvalue weighted by atomic mass is 9.84. The number of carbonyl (C=O) groups excluding carboxylic acids is 2. The number of para-hydroxylation sites is 1. The van der Waals surface area contributed by atoms with E-state index in [2.05, 4.69) is 10.0 Å². The van der Waals surface area contributed by atoms with Crippen LogP contribution in [0.25, 0.3) is 0 Å². The van der Waals surface area contributed by atoms with Crippen LogP contribution < -0.4 is 10.0 Å². The third-order valence-electron chi connectivity index (χ3n) is 6.49. The van der Waals surface area contributed by atoms with Gasteiger partial charge in [-0.2, -0.15) is 0 Å². The van der Waals surface area contributed by atoms with E-state index in [-0.39, 0.29) is 23.7 Å². The van der Waals surface area contributed by atoms with Gasteiger partial charge in [0.2, 0.25) is 15.9 Å². The van der Waals surface area contributed by atoms with Crippen molar-refractivity contribution in [2.45, 2.75) is 76.9 Å². The van der Waals surface area contributed by atoms with Crippen LogP contribution in [0.15, 0.2) is 18.2 Å². The van der Waals surface area contributed by atoms with E-state index in [0.717, 1.165) is 30.4 Å². The molecule has 3 rings (SSSR count). The van der Waals surface area contributed by atoms with Gasteiger partial charge < -0.3 is 10.2 Å². The number of nitrogens with zero attached hydrogens (tertiary/aromatic N) is 1. The molecule has 172 valence electrons. The van der Waals surface area contributed by atoms with E-state index < -0.39 is 21.3 Å². The first kappa shape index (κ1) is 23.6. The van der Waals surface area contributed by atoms with Crippen LogP contribution in [-0.4, -0.2) is 43.6 Å². The lowest BCUT2D eigenvalue weighted by Gasteiger charge is -2.36. The van der Waals surface area contributed by atoms with E-state index >= 15 is 0 Å². The molecular weight excluding hydrogens is 414 g/mol. The number of hydrogen-bond acceptors (Lipinski definition) is 4. The van der Waals surface area contributed by atoms with E-state index in [1.54, 1.807) is 4.90 Å². The summed E-state index contributed by atoms with van der Waals surface area (Å²) in [5.74, 6) is 0.638. The first-order valence-electron chi connectivity index (χ1n) is 11.3. The fraction of sp³-hybridized carbons (Fsp3) is 0.652. The zero-order chi connectivity index (χ0) is 22.8. The molecule has 7 nitrogen and oxygen atoms in total. The van der Waals surface area contributed by atoms with Crippen LogP contribution in [0.5, 0.6) is 0 Å². The van der Waals surface area contributed by atoms with Gasteiger partial charge in [0.15, 0.2) is 0 Å². The SMILES string of the molecule is CC(C)c1cccc(C(C)C)c1NC(=O)NS(=O)(=O)C1CCN(C(=O)C2CCC2)CC1. The quantitative estimate of drug-likeness (QED) is 0.681. The summed E-state index contributed by atoms with van der Waals surface area (Å²) in [4.78, 5) is 26.8. The molecule has 2 fully saturated rings. The van der Waals surface area contributed by atoms with Gasteiger partial charge in [0.1, 0.15) is 0 Å². The summed E-state index contributed by atoms with van der Waals surface area (Å²) in [6, 6.07) is 5.14. The highest BCUT2D eigenvalue weighted by Gasteiger charge is 2.36. The molecule has 1 saturated carbocycles. The number of nitrogens with one attached hydrogen (secondary N) is 2. The first-order valence-corrected chi connectivity index (χ1v) is 12.9. The van der Waals surface area contributed by atoms with Crippen molar-refractivity contribution in [2.75, 3.05) is 18.4 Å². The number of carbonyl (C=O) groups is 2. The molecule has 0 unspecified atom stereocenters. The Bertz CT molecular complexity index is 888. The van der Waals surface area contributed by atoms with Gasteiger partial charge in [-0.25, -0.2) is 17.9 Å². The second kappa shape index (κ2) is 9.59. The number of likely N-dealkylation sites (tertiary alicyclic amines) is 1. The van der Waals surface area contributed by atoms with Crippen LogP contribution >= 0.6 is 0 Å². The topological polar surface area (TPSA) is 95.6 Å². The maximum Gasteiger partial charge on any atom is 0.332 e. The summed E-state index contributed by atoms with van der Waals surface area (Å²) < 4.78 is 27.9. The molecule has 0 bridgehead atoms. The summed E-state index contributed by atoms with van der Waals surface area (Å²) >= 11 is 0. The summed E-state index contributed by atoms with van der Waals surface area (Å²) in [6.45, 7) is 9.01. The van der Waals surface area contributed by atoms with Crippen molar-refractivity contribution in [1.29, 1.82) is 0 Å². The fourth-order valence-corrected chi connectivity index (χ4v) is 5.65. The monoisotopic (exact) mass is 449 g/mol. The van der Waals surface area contributed by atoms with E-state index in [1.165, 1.54) is 0 Å². The molecule has 1 aromatic rings. The van der Waals surface area contributed by atoms with Gasteiger partial charge in [-0.15, -0.1) is 0 Å². The van der Waals surface area contributed by atoms with E-state index in [1.807, 2.05) is 45.9 Å². The Labute approximate surface area is 186 Å². The van der Waals surface area contributed by atoms with E-state index in [9.17, 15) is 18.0 Å². The van der Waals surface area contributed by atoms with Crippen molar-refractivity contribution in [3.05, 3.63) is 29.3 Å². The van der Waals surface area contributed by atoms with Crippen LogP contribution in [0.2, 0.25) is 0 Å². The van der Waals surface area contributed by atoms with Gasteiger partial charge in [-0.3, -0.25) is 4.79 Å². The zero-order valence-electron chi connectivity index (χ0n) is 19.0. The fourth-order valence-electron chi connectivity index (χ4n) is 4.35. The Kier molecular flexibility index (Phi) is 7.29. The summed E-state index contributed by atoms with van der Waals surface area (Å²) in [5.41, 5.74) is 2.63. The molecule has 8 heteroatoms. The van der Waals surface area contributed by atoms with Crippen molar-refractivity contribution in [3.63, 3.8) is 0 Å². The minimum atomic E-state index is -3.83. The predicted octanol–water partition coefficient (Wildman–Crippen LogP) is 4.18. The van der Waals surface area contributed by atoms with Crippen molar-refractivity contribution in [2.24, 2.45) is 5.92 Å². The van der Waals surface area contributed by atoms with Crippen LogP contribution in [0.1, 0.15) is 82.8 Å². The van der Waals surface area contributed by atoms with Crippen LogP contribution in [-0.2, 0) is 14.8 Å². The van der Waals surface area contributed by atoms with E-state index in [0.29, 0.717) is 31.6 Å². The van der Waals surface area contributed by atoms with Gasteiger partial charge in [0.05, 0.1) is 5.25 Å². The number of sulfonamides is 1. The van der Waals surface area contributed by atoms with Gasteiger partial charge in [0, 0.05) is 24.7 Å². The third kappa shape index (κ3) is 5.40. The lowest BCUT2D eigenvalue weighted by Crippen LogP contribution is -2.49. The van der Waals surface area contributed by atoms with Crippen molar-refractivity contribution in [1.82, 2.24) is 9.62 Å². The standard InChI is InChI=1S/C23H35N3O4S/c1-15(2)19-9-6-10-20(16(3)4)21(19)24-23(28)25-31(29,30)18-11-13-26(14-12-18)22(27)17-7-5-8-17/h6,9-10,15-18H,5,7-8,11-14H2,1-4H3,(H2,24,25,28). The number of benzene rings is 1. The molecule has 31 heavy (non-hydrogen) atoms. The number of rotatable bonds is 6. The molecule has 1 aliphatic carbocycles. The van der Waals surface area contributed by atoms with Gasteiger partial charge in [0.25, 0.3) is 0 Å². The highest BCUT2D eigenvalue weighted by molar-refractivity contribution is 7.90. The van der Waals surface area contributed by atoms with Gasteiger partial charge in [-0.1, -0.05) is 52.3 Å². The third-order valence-corrected chi connectivity index (χ3v) is 8.31. The summed E-state index contributed by atoms with van der Waals surface area (Å²) in [6.07, 6.45) is 3.67. The molecule has 0 spiro atoms. The average molecular weight is 450 g/mol. The second-order valence-electron chi connectivity index (χ2n) is 9.37. The number of anilines is 1.